The standard InChI is InChI=1S/C19H21NO3S/c1-12-4-7-18(13(2)10-12)24-14(3)19(21)20-15-5-6-16-17(11-15)23-9-8-22-16/h4-7,10-11,14H,8-9H2,1-3H3,(H,20,21). The maximum atomic E-state index is 12.5. The molecule has 0 saturated heterocycles. The van der Waals surface area contributed by atoms with Gasteiger partial charge >= 0.3 is 0 Å². The molecule has 5 heteroatoms. The molecule has 0 aliphatic carbocycles. The minimum Gasteiger partial charge on any atom is -0.486 e. The van der Waals surface area contributed by atoms with Crippen LogP contribution in [0.1, 0.15) is 18.1 Å². The van der Waals surface area contributed by atoms with E-state index in [0.29, 0.717) is 19.0 Å². The summed E-state index contributed by atoms with van der Waals surface area (Å²) in [5.41, 5.74) is 3.14. The van der Waals surface area contributed by atoms with Crippen molar-refractivity contribution in [1.29, 1.82) is 0 Å². The van der Waals surface area contributed by atoms with Gasteiger partial charge in [0, 0.05) is 16.6 Å². The van der Waals surface area contributed by atoms with Crippen LogP contribution in [-0.2, 0) is 4.79 Å². The smallest absolute Gasteiger partial charge is 0.237 e. The first kappa shape index (κ1) is 16.7. The van der Waals surface area contributed by atoms with Gasteiger partial charge < -0.3 is 14.8 Å². The van der Waals surface area contributed by atoms with E-state index in [2.05, 4.69) is 37.4 Å². The highest BCUT2D eigenvalue weighted by atomic mass is 32.2. The lowest BCUT2D eigenvalue weighted by atomic mass is 10.2. The van der Waals surface area contributed by atoms with Crippen molar-refractivity contribution in [3.05, 3.63) is 47.5 Å². The van der Waals surface area contributed by atoms with E-state index in [1.807, 2.05) is 19.1 Å². The van der Waals surface area contributed by atoms with E-state index >= 15 is 0 Å². The van der Waals surface area contributed by atoms with E-state index in [1.165, 1.54) is 11.1 Å². The Balaban J connectivity index is 1.65. The van der Waals surface area contributed by atoms with Gasteiger partial charge in [0.2, 0.25) is 5.91 Å². The first-order valence-corrected chi connectivity index (χ1v) is 8.85. The van der Waals surface area contributed by atoms with Gasteiger partial charge in [0.25, 0.3) is 0 Å². The molecule has 0 fully saturated rings. The lowest BCUT2D eigenvalue weighted by Gasteiger charge is -2.19. The third-order valence-electron chi connectivity index (χ3n) is 3.81. The number of amides is 1. The number of anilines is 1. The summed E-state index contributed by atoms with van der Waals surface area (Å²) in [5, 5.41) is 2.75. The van der Waals surface area contributed by atoms with Crippen molar-refractivity contribution in [2.24, 2.45) is 0 Å². The molecule has 2 aromatic rings. The van der Waals surface area contributed by atoms with Gasteiger partial charge in [-0.15, -0.1) is 11.8 Å². The molecular weight excluding hydrogens is 322 g/mol. The fourth-order valence-electron chi connectivity index (χ4n) is 2.54. The van der Waals surface area contributed by atoms with Crippen LogP contribution in [0.2, 0.25) is 0 Å². The van der Waals surface area contributed by atoms with Crippen molar-refractivity contribution < 1.29 is 14.3 Å². The molecule has 0 spiro atoms. The number of ether oxygens (including phenoxy) is 2. The second kappa shape index (κ2) is 7.18. The first-order valence-electron chi connectivity index (χ1n) is 7.97. The monoisotopic (exact) mass is 343 g/mol. The topological polar surface area (TPSA) is 47.6 Å². The van der Waals surface area contributed by atoms with Crippen LogP contribution >= 0.6 is 11.8 Å². The highest BCUT2D eigenvalue weighted by Gasteiger charge is 2.17. The summed E-state index contributed by atoms with van der Waals surface area (Å²) in [6.07, 6.45) is 0. The highest BCUT2D eigenvalue weighted by molar-refractivity contribution is 8.00. The molecule has 4 nitrogen and oxygen atoms in total. The van der Waals surface area contributed by atoms with Gasteiger partial charge in [-0.3, -0.25) is 4.79 Å². The minimum absolute atomic E-state index is 0.0309. The molecule has 1 heterocycles. The Morgan fingerprint density at radius 1 is 1.08 bits per heavy atom. The van der Waals surface area contributed by atoms with Crippen LogP contribution in [0.25, 0.3) is 0 Å². The lowest BCUT2D eigenvalue weighted by Crippen LogP contribution is -2.22. The summed E-state index contributed by atoms with van der Waals surface area (Å²) in [6.45, 7) is 7.14. The zero-order chi connectivity index (χ0) is 17.1. The maximum Gasteiger partial charge on any atom is 0.237 e. The molecule has 1 atom stereocenters. The zero-order valence-electron chi connectivity index (χ0n) is 14.1. The average molecular weight is 343 g/mol. The van der Waals surface area contributed by atoms with Crippen LogP contribution in [0.15, 0.2) is 41.3 Å². The van der Waals surface area contributed by atoms with Gasteiger partial charge in [0.15, 0.2) is 11.5 Å². The lowest BCUT2D eigenvalue weighted by molar-refractivity contribution is -0.115. The Labute approximate surface area is 146 Å². The molecule has 3 rings (SSSR count). The first-order chi connectivity index (χ1) is 11.5. The number of benzene rings is 2. The van der Waals surface area contributed by atoms with Crippen molar-refractivity contribution in [2.45, 2.75) is 30.9 Å². The summed E-state index contributed by atoms with van der Waals surface area (Å²) in [6, 6.07) is 11.7. The van der Waals surface area contributed by atoms with Gasteiger partial charge in [0.05, 0.1) is 5.25 Å². The normalized spacial score (nSPS) is 14.1. The third-order valence-corrected chi connectivity index (χ3v) is 5.09. The molecule has 0 aromatic heterocycles. The summed E-state index contributed by atoms with van der Waals surface area (Å²) in [7, 11) is 0. The number of fused-ring (bicyclic) bond motifs is 1. The van der Waals surface area contributed by atoms with E-state index in [-0.39, 0.29) is 11.2 Å². The number of aryl methyl sites for hydroxylation is 2. The van der Waals surface area contributed by atoms with E-state index < -0.39 is 0 Å². The fourth-order valence-corrected chi connectivity index (χ4v) is 3.48. The van der Waals surface area contributed by atoms with Crippen LogP contribution in [-0.4, -0.2) is 24.4 Å². The second-order valence-electron chi connectivity index (χ2n) is 5.88. The molecule has 1 aliphatic rings. The van der Waals surface area contributed by atoms with Gasteiger partial charge in [-0.25, -0.2) is 0 Å². The Hall–Kier alpha value is -2.14. The Morgan fingerprint density at radius 2 is 1.83 bits per heavy atom. The maximum absolute atomic E-state index is 12.5. The summed E-state index contributed by atoms with van der Waals surface area (Å²) in [4.78, 5) is 13.6. The Bertz CT molecular complexity index is 760. The number of carbonyl (C=O) groups excluding carboxylic acids is 1. The molecule has 1 aliphatic heterocycles. The van der Waals surface area contributed by atoms with Crippen LogP contribution in [0.3, 0.4) is 0 Å². The zero-order valence-corrected chi connectivity index (χ0v) is 14.9. The van der Waals surface area contributed by atoms with Crippen molar-refractivity contribution in [3.63, 3.8) is 0 Å². The predicted molar refractivity (Wildman–Crippen MR) is 97.3 cm³/mol. The van der Waals surface area contributed by atoms with Crippen LogP contribution in [0, 0.1) is 13.8 Å². The van der Waals surface area contributed by atoms with Crippen molar-refractivity contribution in [2.75, 3.05) is 18.5 Å². The molecule has 2 aromatic carbocycles. The van der Waals surface area contributed by atoms with E-state index in [1.54, 1.807) is 17.8 Å². The molecule has 1 N–H and O–H groups in total. The van der Waals surface area contributed by atoms with E-state index in [9.17, 15) is 4.79 Å². The Morgan fingerprint density at radius 3 is 2.58 bits per heavy atom. The quantitative estimate of drug-likeness (QED) is 0.846. The van der Waals surface area contributed by atoms with Crippen molar-refractivity contribution >= 4 is 23.4 Å². The highest BCUT2D eigenvalue weighted by Crippen LogP contribution is 2.33. The number of carbonyl (C=O) groups is 1. The van der Waals surface area contributed by atoms with Crippen LogP contribution in [0.4, 0.5) is 5.69 Å². The number of thioether (sulfide) groups is 1. The van der Waals surface area contributed by atoms with Gasteiger partial charge in [0.1, 0.15) is 13.2 Å². The van der Waals surface area contributed by atoms with Crippen LogP contribution in [0.5, 0.6) is 11.5 Å². The number of rotatable bonds is 4. The summed E-state index contributed by atoms with van der Waals surface area (Å²) < 4.78 is 11.0. The largest absolute Gasteiger partial charge is 0.486 e. The molecule has 1 amide bonds. The van der Waals surface area contributed by atoms with Crippen molar-refractivity contribution in [1.82, 2.24) is 0 Å². The number of hydrogen-bond acceptors (Lipinski definition) is 4. The minimum atomic E-state index is -0.195. The SMILES string of the molecule is Cc1ccc(SC(C)C(=O)Nc2ccc3c(c2)OCCO3)c(C)c1. The number of hydrogen-bond donors (Lipinski definition) is 1. The molecule has 0 bridgehead atoms. The predicted octanol–water partition coefficient (Wildman–Crippen LogP) is 4.19. The third kappa shape index (κ3) is 3.85. The molecule has 126 valence electrons. The molecular formula is C19H21NO3S. The van der Waals surface area contributed by atoms with Crippen LogP contribution < -0.4 is 14.8 Å². The van der Waals surface area contributed by atoms with E-state index in [4.69, 9.17) is 9.47 Å². The van der Waals surface area contributed by atoms with E-state index in [0.717, 1.165) is 16.3 Å². The average Bonchev–Trinajstić information content (AvgIpc) is 2.57. The Kier molecular flexibility index (Phi) is 5.00. The van der Waals surface area contributed by atoms with Crippen molar-refractivity contribution in [3.8, 4) is 11.5 Å². The molecule has 0 radical (unpaired) electrons. The molecule has 24 heavy (non-hydrogen) atoms. The van der Waals surface area contributed by atoms with Gasteiger partial charge in [-0.1, -0.05) is 17.7 Å². The van der Waals surface area contributed by atoms with Gasteiger partial charge in [-0.2, -0.15) is 0 Å². The second-order valence-corrected chi connectivity index (χ2v) is 7.26. The van der Waals surface area contributed by atoms with Gasteiger partial charge in [-0.05, 0) is 44.5 Å². The number of nitrogens with one attached hydrogen (secondary N) is 1. The molecule has 0 saturated carbocycles. The molecule has 1 unspecified atom stereocenters. The summed E-state index contributed by atoms with van der Waals surface area (Å²) in [5.74, 6) is 1.36. The fraction of sp³-hybridized carbons (Fsp3) is 0.316. The summed E-state index contributed by atoms with van der Waals surface area (Å²) >= 11 is 1.57.